The lowest BCUT2D eigenvalue weighted by Crippen LogP contribution is -2.35. The number of rotatable bonds is 5. The van der Waals surface area contributed by atoms with Gasteiger partial charge in [-0.2, -0.15) is 0 Å². The van der Waals surface area contributed by atoms with E-state index in [1.54, 1.807) is 17.0 Å². The molecule has 1 amide bonds. The number of carbonyl (C=O) groups is 1. The van der Waals surface area contributed by atoms with Gasteiger partial charge in [-0.3, -0.25) is 14.2 Å². The van der Waals surface area contributed by atoms with E-state index in [0.717, 1.165) is 5.56 Å². The van der Waals surface area contributed by atoms with Crippen molar-refractivity contribution in [3.8, 4) is 0 Å². The van der Waals surface area contributed by atoms with Gasteiger partial charge in [0, 0.05) is 25.3 Å². The van der Waals surface area contributed by atoms with Gasteiger partial charge in [-0.05, 0) is 36.2 Å². The van der Waals surface area contributed by atoms with Crippen LogP contribution in [0.3, 0.4) is 0 Å². The van der Waals surface area contributed by atoms with Gasteiger partial charge in [0.15, 0.2) is 0 Å². The first-order valence-corrected chi connectivity index (χ1v) is 8.96. The summed E-state index contributed by atoms with van der Waals surface area (Å²) in [5.41, 5.74) is 1.10. The second kappa shape index (κ2) is 7.59. The summed E-state index contributed by atoms with van der Waals surface area (Å²) in [5, 5.41) is 10.6. The molecule has 2 aromatic carbocycles. The molecule has 1 aromatic heterocycles. The first-order valence-electron chi connectivity index (χ1n) is 8.96. The summed E-state index contributed by atoms with van der Waals surface area (Å²) in [6.45, 7) is 1.27. The second-order valence-corrected chi connectivity index (χ2v) is 6.42. The minimum absolute atomic E-state index is 0.224. The van der Waals surface area contributed by atoms with Crippen molar-refractivity contribution in [3.63, 3.8) is 0 Å². The average molecular weight is 379 g/mol. The number of carbonyl (C=O) groups excluding carboxylic acids is 1. The summed E-state index contributed by atoms with van der Waals surface area (Å²) in [7, 11) is 0. The molecule has 3 aromatic rings. The van der Waals surface area contributed by atoms with Crippen molar-refractivity contribution in [1.29, 1.82) is 0 Å². The van der Waals surface area contributed by atoms with Crippen molar-refractivity contribution in [2.24, 2.45) is 0 Å². The van der Waals surface area contributed by atoms with Crippen LogP contribution in [-0.4, -0.2) is 33.8 Å². The number of hydrogen-bond donors (Lipinski definition) is 1. The first kappa shape index (κ1) is 17.8. The zero-order chi connectivity index (χ0) is 19.5. The van der Waals surface area contributed by atoms with Crippen LogP contribution in [0.25, 0.3) is 0 Å². The Morgan fingerprint density at radius 3 is 2.54 bits per heavy atom. The third-order valence-corrected chi connectivity index (χ3v) is 4.61. The van der Waals surface area contributed by atoms with E-state index in [2.05, 4.69) is 15.5 Å². The van der Waals surface area contributed by atoms with Crippen molar-refractivity contribution in [3.05, 3.63) is 82.0 Å². The van der Waals surface area contributed by atoms with E-state index in [9.17, 15) is 14.0 Å². The zero-order valence-electron chi connectivity index (χ0n) is 15.0. The van der Waals surface area contributed by atoms with E-state index >= 15 is 0 Å². The van der Waals surface area contributed by atoms with Crippen LogP contribution < -0.4 is 15.8 Å². The lowest BCUT2D eigenvalue weighted by molar-refractivity contribution is 0.0945. The molecule has 0 spiro atoms. The normalized spacial score (nSPS) is 12.7. The van der Waals surface area contributed by atoms with Crippen molar-refractivity contribution in [2.45, 2.75) is 13.0 Å². The molecular weight excluding hydrogens is 361 g/mol. The van der Waals surface area contributed by atoms with E-state index < -0.39 is 11.5 Å². The fourth-order valence-corrected chi connectivity index (χ4v) is 3.17. The molecule has 0 atom stereocenters. The maximum Gasteiger partial charge on any atom is 0.286 e. The molecule has 4 rings (SSSR count). The van der Waals surface area contributed by atoms with Crippen LogP contribution in [0, 0.1) is 5.82 Å². The molecule has 0 fully saturated rings. The van der Waals surface area contributed by atoms with Crippen molar-refractivity contribution >= 4 is 17.5 Å². The number of halogens is 1. The number of fused-ring (bicyclic) bond motifs is 1. The summed E-state index contributed by atoms with van der Waals surface area (Å²) >= 11 is 0. The standard InChI is InChI=1S/C20H18FN5O2/c21-15-6-8-16(9-7-15)25-12-13-26-19(28)17(23-24-20(25)26)18(27)22-11-10-14-4-2-1-3-5-14/h1-9H,10-13H2,(H,22,27). The monoisotopic (exact) mass is 379 g/mol. The predicted octanol–water partition coefficient (Wildman–Crippen LogP) is 1.90. The zero-order valence-corrected chi connectivity index (χ0v) is 15.0. The number of amides is 1. The van der Waals surface area contributed by atoms with Gasteiger partial charge >= 0.3 is 0 Å². The Labute approximate surface area is 160 Å². The van der Waals surface area contributed by atoms with Crippen LogP contribution in [0.2, 0.25) is 0 Å². The van der Waals surface area contributed by atoms with Gasteiger partial charge in [0.05, 0.1) is 0 Å². The lowest BCUT2D eigenvalue weighted by atomic mass is 10.1. The molecule has 7 nitrogen and oxygen atoms in total. The Hall–Kier alpha value is -3.55. The van der Waals surface area contributed by atoms with Gasteiger partial charge in [-0.15, -0.1) is 10.2 Å². The van der Waals surface area contributed by atoms with Gasteiger partial charge in [0.2, 0.25) is 11.6 Å². The van der Waals surface area contributed by atoms with Crippen LogP contribution in [0.5, 0.6) is 0 Å². The van der Waals surface area contributed by atoms with Crippen LogP contribution in [0.15, 0.2) is 59.4 Å². The molecule has 1 aliphatic heterocycles. The topological polar surface area (TPSA) is 80.1 Å². The fraction of sp³-hybridized carbons (Fsp3) is 0.200. The molecule has 0 bridgehead atoms. The molecule has 28 heavy (non-hydrogen) atoms. The molecule has 1 aliphatic rings. The highest BCUT2D eigenvalue weighted by Crippen LogP contribution is 2.26. The maximum atomic E-state index is 13.1. The molecule has 8 heteroatoms. The maximum absolute atomic E-state index is 13.1. The highest BCUT2D eigenvalue weighted by atomic mass is 19.1. The van der Waals surface area contributed by atoms with Crippen LogP contribution in [0.4, 0.5) is 16.0 Å². The highest BCUT2D eigenvalue weighted by Gasteiger charge is 2.27. The largest absolute Gasteiger partial charge is 0.350 e. The minimum atomic E-state index is -0.538. The van der Waals surface area contributed by atoms with E-state index in [1.165, 1.54) is 16.7 Å². The van der Waals surface area contributed by atoms with Crippen LogP contribution >= 0.6 is 0 Å². The van der Waals surface area contributed by atoms with Gasteiger partial charge in [-0.25, -0.2) is 4.39 Å². The van der Waals surface area contributed by atoms with Gasteiger partial charge < -0.3 is 10.2 Å². The van der Waals surface area contributed by atoms with E-state index in [0.29, 0.717) is 37.7 Å². The van der Waals surface area contributed by atoms with E-state index in [-0.39, 0.29) is 11.5 Å². The van der Waals surface area contributed by atoms with Gasteiger partial charge in [0.1, 0.15) is 5.82 Å². The van der Waals surface area contributed by atoms with Gasteiger partial charge in [0.25, 0.3) is 11.5 Å². The number of anilines is 2. The Bertz CT molecular complexity index is 1050. The number of hydrogen-bond acceptors (Lipinski definition) is 5. The summed E-state index contributed by atoms with van der Waals surface area (Å²) < 4.78 is 14.6. The number of nitrogens with zero attached hydrogens (tertiary/aromatic N) is 4. The summed E-state index contributed by atoms with van der Waals surface area (Å²) in [5.74, 6) is -0.532. The molecular formula is C20H18FN5O2. The SMILES string of the molecule is O=C(NCCc1ccccc1)c1nnc2n(c1=O)CCN2c1ccc(F)cc1. The first-order chi connectivity index (χ1) is 13.6. The van der Waals surface area contributed by atoms with Crippen LogP contribution in [0.1, 0.15) is 16.1 Å². The predicted molar refractivity (Wildman–Crippen MR) is 102 cm³/mol. The summed E-state index contributed by atoms with van der Waals surface area (Å²) in [4.78, 5) is 26.8. The number of aromatic nitrogens is 3. The smallest absolute Gasteiger partial charge is 0.286 e. The Kier molecular flexibility index (Phi) is 4.84. The Morgan fingerprint density at radius 1 is 1.04 bits per heavy atom. The summed E-state index contributed by atoms with van der Waals surface area (Å²) in [6.07, 6.45) is 0.657. The highest BCUT2D eigenvalue weighted by molar-refractivity contribution is 5.91. The molecule has 0 radical (unpaired) electrons. The Morgan fingerprint density at radius 2 is 1.79 bits per heavy atom. The lowest BCUT2D eigenvalue weighted by Gasteiger charge is -2.16. The third-order valence-electron chi connectivity index (χ3n) is 4.61. The van der Waals surface area contributed by atoms with Crippen LogP contribution in [-0.2, 0) is 13.0 Å². The van der Waals surface area contributed by atoms with Crippen molar-refractivity contribution < 1.29 is 9.18 Å². The molecule has 0 unspecified atom stereocenters. The van der Waals surface area contributed by atoms with E-state index in [4.69, 9.17) is 0 Å². The summed E-state index contributed by atoms with van der Waals surface area (Å²) in [6, 6.07) is 15.7. The molecule has 1 N–H and O–H groups in total. The molecule has 2 heterocycles. The van der Waals surface area contributed by atoms with E-state index in [1.807, 2.05) is 30.3 Å². The molecule has 0 saturated carbocycles. The fourth-order valence-electron chi connectivity index (χ4n) is 3.17. The average Bonchev–Trinajstić information content (AvgIpc) is 3.14. The molecule has 142 valence electrons. The number of benzene rings is 2. The van der Waals surface area contributed by atoms with Crippen molar-refractivity contribution in [2.75, 3.05) is 18.0 Å². The quantitative estimate of drug-likeness (QED) is 0.732. The molecule has 0 aliphatic carbocycles. The number of nitrogens with one attached hydrogen (secondary N) is 1. The second-order valence-electron chi connectivity index (χ2n) is 6.42. The minimum Gasteiger partial charge on any atom is -0.350 e. The third kappa shape index (κ3) is 3.48. The Balaban J connectivity index is 1.49. The van der Waals surface area contributed by atoms with Gasteiger partial charge in [-0.1, -0.05) is 30.3 Å². The molecule has 0 saturated heterocycles. The van der Waals surface area contributed by atoms with Crippen molar-refractivity contribution in [1.82, 2.24) is 20.1 Å².